The number of nitrogens with two attached hydrogens (primary N) is 1. The molecule has 3 rings (SSSR count). The Morgan fingerprint density at radius 1 is 1.41 bits per heavy atom. The number of carbonyl (C=O) groups is 2. The Morgan fingerprint density at radius 2 is 2.11 bits per heavy atom. The highest BCUT2D eigenvalue weighted by molar-refractivity contribution is 6.31. The summed E-state index contributed by atoms with van der Waals surface area (Å²) in [4.78, 5) is 29.0. The minimum Gasteiger partial charge on any atom is -0.491 e. The molecule has 3 N–H and O–H groups in total. The van der Waals surface area contributed by atoms with E-state index < -0.39 is 11.5 Å². The molecule has 0 saturated carbocycles. The number of β-amino-alcohol motifs (C(OH)–C–C–N with tert-alkyl or cyclic N) is 1. The summed E-state index contributed by atoms with van der Waals surface area (Å²) < 4.78 is 5.58. The lowest BCUT2D eigenvalue weighted by Crippen LogP contribution is -2.56. The zero-order valence-corrected chi connectivity index (χ0v) is 16.2. The van der Waals surface area contributed by atoms with Crippen molar-refractivity contribution in [3.8, 4) is 5.75 Å². The van der Waals surface area contributed by atoms with Crippen molar-refractivity contribution >= 4 is 23.4 Å². The van der Waals surface area contributed by atoms with E-state index in [1.54, 1.807) is 35.0 Å². The molecule has 2 heterocycles. The Balaban J connectivity index is 1.74. The molecule has 2 saturated heterocycles. The number of hydrogen-bond acceptors (Lipinski definition) is 5. The molecule has 1 atom stereocenters. The fourth-order valence-corrected chi connectivity index (χ4v) is 4.27. The lowest BCUT2D eigenvalue weighted by molar-refractivity contribution is -0.154. The maximum absolute atomic E-state index is 13.0. The van der Waals surface area contributed by atoms with E-state index in [1.165, 1.54) is 0 Å². The number of carbonyl (C=O) groups excluding carboxylic acids is 2. The molecular formula is C19H26ClN3O4. The molecule has 1 aromatic carbocycles. The highest BCUT2D eigenvalue weighted by Gasteiger charge is 2.48. The number of nitrogens with zero attached hydrogens (tertiary/aromatic N) is 2. The van der Waals surface area contributed by atoms with E-state index in [4.69, 9.17) is 22.1 Å². The second-order valence-corrected chi connectivity index (χ2v) is 7.83. The second-order valence-electron chi connectivity index (χ2n) is 7.39. The van der Waals surface area contributed by atoms with Crippen LogP contribution < -0.4 is 10.5 Å². The van der Waals surface area contributed by atoms with E-state index in [9.17, 15) is 14.7 Å². The van der Waals surface area contributed by atoms with E-state index in [0.717, 1.165) is 0 Å². The summed E-state index contributed by atoms with van der Waals surface area (Å²) in [7, 11) is 1.72. The van der Waals surface area contributed by atoms with E-state index >= 15 is 0 Å². The predicted molar refractivity (Wildman–Crippen MR) is 102 cm³/mol. The highest BCUT2D eigenvalue weighted by atomic mass is 35.5. The summed E-state index contributed by atoms with van der Waals surface area (Å²) in [6.07, 6.45) is 1.02. The average Bonchev–Trinajstić information content (AvgIpc) is 2.65. The van der Waals surface area contributed by atoms with Crippen molar-refractivity contribution in [2.75, 3.05) is 39.8 Å². The third kappa shape index (κ3) is 4.05. The molecule has 148 valence electrons. The summed E-state index contributed by atoms with van der Waals surface area (Å²) in [6, 6.07) is 4.95. The molecule has 0 bridgehead atoms. The number of halogens is 1. The number of piperidine rings is 2. The van der Waals surface area contributed by atoms with Crippen LogP contribution in [0.4, 0.5) is 0 Å². The monoisotopic (exact) mass is 395 g/mol. The quantitative estimate of drug-likeness (QED) is 0.796. The number of rotatable bonds is 4. The third-order valence-corrected chi connectivity index (χ3v) is 5.70. The maximum Gasteiger partial charge on any atom is 0.257 e. The Morgan fingerprint density at radius 3 is 2.78 bits per heavy atom. The van der Waals surface area contributed by atoms with E-state index in [0.29, 0.717) is 68.4 Å². The molecule has 1 aromatic rings. The van der Waals surface area contributed by atoms with Crippen molar-refractivity contribution in [3.63, 3.8) is 0 Å². The summed E-state index contributed by atoms with van der Waals surface area (Å²) in [5.74, 6) is 0.352. The second kappa shape index (κ2) is 8.04. The fraction of sp³-hybridized carbons (Fsp3) is 0.579. The van der Waals surface area contributed by atoms with Gasteiger partial charge in [-0.25, -0.2) is 0 Å². The molecule has 0 aliphatic carbocycles. The van der Waals surface area contributed by atoms with Gasteiger partial charge in [-0.15, -0.1) is 0 Å². The molecule has 1 unspecified atom stereocenters. The minimum atomic E-state index is -0.573. The number of aliphatic hydroxyl groups excluding tert-OH is 1. The minimum absolute atomic E-state index is 0.0645. The van der Waals surface area contributed by atoms with Crippen molar-refractivity contribution in [3.05, 3.63) is 28.8 Å². The standard InChI is InChI=1S/C19H26ClN3O4/c1-22-12-14(24)11-19(18(22)26)4-7-23(8-5-19)17(25)15-10-13(20)2-3-16(15)27-9-6-21/h2-3,10,14,24H,4-9,11-12,21H2,1H3. The molecule has 2 amide bonds. The van der Waals surface area contributed by atoms with Crippen molar-refractivity contribution in [1.29, 1.82) is 0 Å². The third-order valence-electron chi connectivity index (χ3n) is 5.47. The fourth-order valence-electron chi connectivity index (χ4n) is 4.10. The van der Waals surface area contributed by atoms with Crippen LogP contribution in [0, 0.1) is 5.41 Å². The molecule has 2 aliphatic heterocycles. The Labute approximate surface area is 164 Å². The van der Waals surface area contributed by atoms with Crippen LogP contribution in [0.1, 0.15) is 29.6 Å². The number of likely N-dealkylation sites (N-methyl/N-ethyl adjacent to an activating group) is 1. The molecule has 2 fully saturated rings. The van der Waals surface area contributed by atoms with Gasteiger partial charge in [0, 0.05) is 38.2 Å². The Kier molecular flexibility index (Phi) is 5.93. The molecule has 27 heavy (non-hydrogen) atoms. The van der Waals surface area contributed by atoms with Gasteiger partial charge in [-0.3, -0.25) is 9.59 Å². The van der Waals surface area contributed by atoms with Gasteiger partial charge < -0.3 is 25.4 Å². The SMILES string of the molecule is CN1CC(O)CC2(CCN(C(=O)c3cc(Cl)ccc3OCCN)CC2)C1=O. The normalized spacial score (nSPS) is 22.2. The summed E-state index contributed by atoms with van der Waals surface area (Å²) in [6.45, 7) is 1.93. The van der Waals surface area contributed by atoms with Crippen LogP contribution in [0.25, 0.3) is 0 Å². The molecule has 7 nitrogen and oxygen atoms in total. The molecule has 0 aromatic heterocycles. The van der Waals surface area contributed by atoms with Crippen LogP contribution in [-0.2, 0) is 4.79 Å². The van der Waals surface area contributed by atoms with Crippen molar-refractivity contribution in [2.24, 2.45) is 11.1 Å². The van der Waals surface area contributed by atoms with Gasteiger partial charge in [0.25, 0.3) is 5.91 Å². The largest absolute Gasteiger partial charge is 0.491 e. The maximum atomic E-state index is 13.0. The number of likely N-dealkylation sites (tertiary alicyclic amines) is 2. The van der Waals surface area contributed by atoms with E-state index in [-0.39, 0.29) is 11.8 Å². The van der Waals surface area contributed by atoms with Gasteiger partial charge in [0.1, 0.15) is 12.4 Å². The first-order valence-corrected chi connectivity index (χ1v) is 9.59. The smallest absolute Gasteiger partial charge is 0.257 e. The molecule has 8 heteroatoms. The number of benzene rings is 1. The number of amides is 2. The first-order chi connectivity index (χ1) is 12.9. The van der Waals surface area contributed by atoms with Crippen LogP contribution in [0.15, 0.2) is 18.2 Å². The lowest BCUT2D eigenvalue weighted by atomic mass is 9.71. The van der Waals surface area contributed by atoms with Gasteiger partial charge in [0.05, 0.1) is 17.1 Å². The first-order valence-electron chi connectivity index (χ1n) is 9.21. The van der Waals surface area contributed by atoms with Crippen LogP contribution in [0.2, 0.25) is 5.02 Å². The van der Waals surface area contributed by atoms with E-state index in [1.807, 2.05) is 0 Å². The van der Waals surface area contributed by atoms with Crippen LogP contribution in [-0.4, -0.2) is 72.7 Å². The van der Waals surface area contributed by atoms with Gasteiger partial charge >= 0.3 is 0 Å². The highest BCUT2D eigenvalue weighted by Crippen LogP contribution is 2.41. The Hall–Kier alpha value is -1.83. The van der Waals surface area contributed by atoms with Gasteiger partial charge in [0.2, 0.25) is 5.91 Å². The van der Waals surface area contributed by atoms with Crippen LogP contribution >= 0.6 is 11.6 Å². The van der Waals surface area contributed by atoms with Gasteiger partial charge in [-0.05, 0) is 37.5 Å². The number of ether oxygens (including phenoxy) is 1. The summed E-state index contributed by atoms with van der Waals surface area (Å²) in [5, 5.41) is 10.6. The average molecular weight is 396 g/mol. The number of hydrogen-bond donors (Lipinski definition) is 2. The first kappa shape index (κ1) is 19.9. The number of aliphatic hydroxyl groups is 1. The van der Waals surface area contributed by atoms with Crippen molar-refractivity contribution in [2.45, 2.75) is 25.4 Å². The summed E-state index contributed by atoms with van der Waals surface area (Å²) in [5.41, 5.74) is 5.32. The Bertz CT molecular complexity index is 719. The molecule has 2 aliphatic rings. The lowest BCUT2D eigenvalue weighted by Gasteiger charge is -2.47. The molecular weight excluding hydrogens is 370 g/mol. The van der Waals surface area contributed by atoms with Gasteiger partial charge in [-0.1, -0.05) is 11.6 Å². The zero-order valence-electron chi connectivity index (χ0n) is 15.5. The topological polar surface area (TPSA) is 96.1 Å². The summed E-state index contributed by atoms with van der Waals surface area (Å²) >= 11 is 6.07. The van der Waals surface area contributed by atoms with Crippen molar-refractivity contribution in [1.82, 2.24) is 9.80 Å². The van der Waals surface area contributed by atoms with Crippen LogP contribution in [0.3, 0.4) is 0 Å². The van der Waals surface area contributed by atoms with Crippen molar-refractivity contribution < 1.29 is 19.4 Å². The van der Waals surface area contributed by atoms with Crippen LogP contribution in [0.5, 0.6) is 5.75 Å². The van der Waals surface area contributed by atoms with Gasteiger partial charge in [-0.2, -0.15) is 0 Å². The van der Waals surface area contributed by atoms with Gasteiger partial charge in [0.15, 0.2) is 0 Å². The predicted octanol–water partition coefficient (Wildman–Crippen LogP) is 1.12. The zero-order chi connectivity index (χ0) is 19.6. The molecule has 0 radical (unpaired) electrons. The van der Waals surface area contributed by atoms with E-state index in [2.05, 4.69) is 0 Å². The molecule has 1 spiro atoms.